The van der Waals surface area contributed by atoms with Crippen LogP contribution in [-0.4, -0.2) is 21.9 Å². The number of pyridine rings is 1. The lowest BCUT2D eigenvalue weighted by molar-refractivity contribution is 0.317. The van der Waals surface area contributed by atoms with Crippen molar-refractivity contribution in [3.8, 4) is 0 Å². The summed E-state index contributed by atoms with van der Waals surface area (Å²) in [6.07, 6.45) is 5.17. The van der Waals surface area contributed by atoms with Crippen molar-refractivity contribution in [2.24, 2.45) is 5.73 Å². The number of hydrogen-bond donors (Lipinski definition) is 1. The van der Waals surface area contributed by atoms with Gasteiger partial charge in [-0.1, -0.05) is 12.2 Å². The second-order valence-electron chi connectivity index (χ2n) is 4.22. The van der Waals surface area contributed by atoms with E-state index in [4.69, 9.17) is 22.4 Å². The summed E-state index contributed by atoms with van der Waals surface area (Å²) in [7, 11) is 2.05. The molecule has 0 bridgehead atoms. The minimum absolute atomic E-state index is 0.328. The van der Waals surface area contributed by atoms with E-state index in [2.05, 4.69) is 9.88 Å². The average Bonchev–Trinajstić information content (AvgIpc) is 2.82. The second kappa shape index (κ2) is 5.75. The zero-order valence-electron chi connectivity index (χ0n) is 10.2. The van der Waals surface area contributed by atoms with Crippen LogP contribution in [0.2, 0.25) is 0 Å². The zero-order chi connectivity index (χ0) is 13.0. The smallest absolute Gasteiger partial charge is 0.122 e. The van der Waals surface area contributed by atoms with E-state index in [1.807, 2.05) is 25.2 Å². The van der Waals surface area contributed by atoms with Gasteiger partial charge in [-0.15, -0.1) is 0 Å². The first kappa shape index (κ1) is 12.7. The van der Waals surface area contributed by atoms with Gasteiger partial charge in [-0.3, -0.25) is 9.88 Å². The van der Waals surface area contributed by atoms with Crippen LogP contribution in [0.15, 0.2) is 41.3 Å². The Balaban J connectivity index is 2.00. The van der Waals surface area contributed by atoms with Gasteiger partial charge >= 0.3 is 0 Å². The molecule has 0 aliphatic rings. The molecule has 2 aromatic rings. The molecule has 18 heavy (non-hydrogen) atoms. The normalized spacial score (nSPS) is 10.8. The topological polar surface area (TPSA) is 55.3 Å². The van der Waals surface area contributed by atoms with E-state index in [-0.39, 0.29) is 0 Å². The summed E-state index contributed by atoms with van der Waals surface area (Å²) in [5, 5.41) is 0. The molecular weight excluding hydrogens is 246 g/mol. The van der Waals surface area contributed by atoms with Crippen molar-refractivity contribution in [2.75, 3.05) is 7.05 Å². The highest BCUT2D eigenvalue weighted by molar-refractivity contribution is 7.80. The Morgan fingerprint density at radius 2 is 2.17 bits per heavy atom. The van der Waals surface area contributed by atoms with Gasteiger partial charge in [0.1, 0.15) is 4.99 Å². The molecule has 5 heteroatoms. The first-order chi connectivity index (χ1) is 8.65. The maximum Gasteiger partial charge on any atom is 0.122 e. The van der Waals surface area contributed by atoms with Crippen molar-refractivity contribution < 1.29 is 4.42 Å². The van der Waals surface area contributed by atoms with Gasteiger partial charge in [0, 0.05) is 24.8 Å². The largest absolute Gasteiger partial charge is 0.472 e. The predicted molar refractivity (Wildman–Crippen MR) is 74.0 cm³/mol. The maximum atomic E-state index is 5.57. The van der Waals surface area contributed by atoms with E-state index in [9.17, 15) is 0 Å². The summed E-state index contributed by atoms with van der Waals surface area (Å²) in [5.74, 6) is 0. The van der Waals surface area contributed by atoms with E-state index < -0.39 is 0 Å². The van der Waals surface area contributed by atoms with E-state index in [0.29, 0.717) is 10.7 Å². The fourth-order valence-corrected chi connectivity index (χ4v) is 1.88. The van der Waals surface area contributed by atoms with Crippen molar-refractivity contribution in [3.63, 3.8) is 0 Å². The molecule has 94 valence electrons. The molecule has 0 unspecified atom stereocenters. The number of aromatic nitrogens is 1. The molecule has 0 aliphatic heterocycles. The summed E-state index contributed by atoms with van der Waals surface area (Å²) >= 11 is 4.92. The van der Waals surface area contributed by atoms with Crippen LogP contribution in [0.4, 0.5) is 0 Å². The molecule has 4 nitrogen and oxygen atoms in total. The zero-order valence-corrected chi connectivity index (χ0v) is 11.0. The van der Waals surface area contributed by atoms with Crippen LogP contribution in [0.5, 0.6) is 0 Å². The number of rotatable bonds is 5. The fourth-order valence-electron chi connectivity index (χ4n) is 1.77. The lowest BCUT2D eigenvalue weighted by atomic mass is 10.2. The fraction of sp³-hybridized carbons (Fsp3) is 0.231. The maximum absolute atomic E-state index is 5.57. The van der Waals surface area contributed by atoms with Gasteiger partial charge < -0.3 is 10.2 Å². The highest BCUT2D eigenvalue weighted by Crippen LogP contribution is 2.09. The van der Waals surface area contributed by atoms with Crippen LogP contribution in [0.3, 0.4) is 0 Å². The lowest BCUT2D eigenvalue weighted by Crippen LogP contribution is -2.18. The minimum atomic E-state index is 0.328. The molecule has 2 N–H and O–H groups in total. The molecule has 0 atom stereocenters. The first-order valence-electron chi connectivity index (χ1n) is 5.59. The monoisotopic (exact) mass is 261 g/mol. The molecule has 0 amide bonds. The van der Waals surface area contributed by atoms with Gasteiger partial charge in [-0.05, 0) is 30.8 Å². The van der Waals surface area contributed by atoms with E-state index in [0.717, 1.165) is 24.2 Å². The standard InChI is InChI=1S/C13H15N3OS/c1-16(8-11-3-5-17-9-11)7-10-2-4-15-12(6-10)13(14)18/h2-6,9H,7-8H2,1H3,(H2,14,18). The average molecular weight is 261 g/mol. The van der Waals surface area contributed by atoms with Crippen molar-refractivity contribution in [1.82, 2.24) is 9.88 Å². The summed E-state index contributed by atoms with van der Waals surface area (Å²) in [5.41, 5.74) is 8.52. The minimum Gasteiger partial charge on any atom is -0.472 e. The summed E-state index contributed by atoms with van der Waals surface area (Å²) in [4.78, 5) is 6.63. The predicted octanol–water partition coefficient (Wildman–Crippen LogP) is 1.94. The number of nitrogens with zero attached hydrogens (tertiary/aromatic N) is 2. The van der Waals surface area contributed by atoms with Crippen LogP contribution in [0.25, 0.3) is 0 Å². The van der Waals surface area contributed by atoms with Crippen molar-refractivity contribution in [1.29, 1.82) is 0 Å². The SMILES string of the molecule is CN(Cc1ccoc1)Cc1ccnc(C(N)=S)c1. The Morgan fingerprint density at radius 1 is 1.39 bits per heavy atom. The number of thiocarbonyl (C=S) groups is 1. The molecule has 2 heterocycles. The van der Waals surface area contributed by atoms with E-state index in [1.54, 1.807) is 18.7 Å². The van der Waals surface area contributed by atoms with Gasteiger partial charge in [-0.25, -0.2) is 0 Å². The van der Waals surface area contributed by atoms with Crippen molar-refractivity contribution in [2.45, 2.75) is 13.1 Å². The molecule has 0 spiro atoms. The molecule has 0 aliphatic carbocycles. The van der Waals surface area contributed by atoms with Crippen LogP contribution < -0.4 is 5.73 Å². The van der Waals surface area contributed by atoms with Gasteiger partial charge in [0.2, 0.25) is 0 Å². The van der Waals surface area contributed by atoms with Crippen LogP contribution in [0.1, 0.15) is 16.8 Å². The summed E-state index contributed by atoms with van der Waals surface area (Å²) in [6.45, 7) is 1.64. The van der Waals surface area contributed by atoms with Gasteiger partial charge in [-0.2, -0.15) is 0 Å². The molecular formula is C13H15N3OS. The highest BCUT2D eigenvalue weighted by atomic mass is 32.1. The Labute approximate surface area is 111 Å². The van der Waals surface area contributed by atoms with Crippen LogP contribution in [-0.2, 0) is 13.1 Å². The third-order valence-corrected chi connectivity index (χ3v) is 2.77. The highest BCUT2D eigenvalue weighted by Gasteiger charge is 2.05. The molecule has 2 rings (SSSR count). The van der Waals surface area contributed by atoms with E-state index >= 15 is 0 Å². The summed E-state index contributed by atoms with van der Waals surface area (Å²) < 4.78 is 5.05. The number of furan rings is 1. The molecule has 0 aromatic carbocycles. The first-order valence-corrected chi connectivity index (χ1v) is 6.00. The number of hydrogen-bond acceptors (Lipinski definition) is 4. The van der Waals surface area contributed by atoms with Crippen LogP contribution in [0, 0.1) is 0 Å². The Hall–Kier alpha value is -1.72. The van der Waals surface area contributed by atoms with E-state index in [1.165, 1.54) is 0 Å². The molecule has 0 fully saturated rings. The second-order valence-corrected chi connectivity index (χ2v) is 4.66. The Morgan fingerprint density at radius 3 is 2.83 bits per heavy atom. The Kier molecular flexibility index (Phi) is 4.07. The van der Waals surface area contributed by atoms with Gasteiger partial charge in [0.15, 0.2) is 0 Å². The van der Waals surface area contributed by atoms with Gasteiger partial charge in [0.05, 0.1) is 18.2 Å². The van der Waals surface area contributed by atoms with Crippen molar-refractivity contribution in [3.05, 3.63) is 53.7 Å². The number of nitrogens with two attached hydrogens (primary N) is 1. The quantitative estimate of drug-likeness (QED) is 0.834. The third-order valence-electron chi connectivity index (χ3n) is 2.56. The molecule has 0 radical (unpaired) electrons. The molecule has 2 aromatic heterocycles. The molecule has 0 saturated heterocycles. The lowest BCUT2D eigenvalue weighted by Gasteiger charge is -2.15. The van der Waals surface area contributed by atoms with Crippen LogP contribution >= 0.6 is 12.2 Å². The van der Waals surface area contributed by atoms with Gasteiger partial charge in [0.25, 0.3) is 0 Å². The van der Waals surface area contributed by atoms with Crippen molar-refractivity contribution >= 4 is 17.2 Å². The Bertz CT molecular complexity index is 525. The molecule has 0 saturated carbocycles. The summed E-state index contributed by atoms with van der Waals surface area (Å²) in [6, 6.07) is 5.85. The third kappa shape index (κ3) is 3.38.